The van der Waals surface area contributed by atoms with Gasteiger partial charge < -0.3 is 4.84 Å². The molecule has 0 saturated carbocycles. The zero-order chi connectivity index (χ0) is 13.5. The number of rotatable bonds is 4. The molecule has 19 heavy (non-hydrogen) atoms. The molecule has 0 aromatic heterocycles. The number of nitriles is 1. The van der Waals surface area contributed by atoms with Crippen LogP contribution in [0.5, 0.6) is 0 Å². The van der Waals surface area contributed by atoms with Crippen molar-refractivity contribution in [3.05, 3.63) is 70.8 Å². The van der Waals surface area contributed by atoms with Crippen molar-refractivity contribution >= 4 is 6.21 Å². The maximum atomic E-state index is 8.94. The van der Waals surface area contributed by atoms with Gasteiger partial charge >= 0.3 is 0 Å². The Morgan fingerprint density at radius 1 is 1.05 bits per heavy atom. The zero-order valence-corrected chi connectivity index (χ0v) is 10.6. The molecule has 0 fully saturated rings. The second-order valence-electron chi connectivity index (χ2n) is 4.06. The molecule has 3 heteroatoms. The predicted octanol–water partition coefficient (Wildman–Crippen LogP) is 3.29. The Morgan fingerprint density at radius 2 is 1.74 bits per heavy atom. The van der Waals surface area contributed by atoms with Crippen LogP contribution in [0.1, 0.15) is 22.3 Å². The number of nitrogens with zero attached hydrogens (tertiary/aromatic N) is 2. The van der Waals surface area contributed by atoms with Crippen LogP contribution >= 0.6 is 0 Å². The highest BCUT2D eigenvalue weighted by atomic mass is 16.6. The first-order chi connectivity index (χ1) is 9.31. The van der Waals surface area contributed by atoms with Crippen molar-refractivity contribution in [1.82, 2.24) is 0 Å². The Hall–Kier alpha value is -2.60. The van der Waals surface area contributed by atoms with Crippen LogP contribution in [0.3, 0.4) is 0 Å². The minimum atomic E-state index is 0.266. The summed E-state index contributed by atoms with van der Waals surface area (Å²) in [6.45, 7) is 2.26. The molecular weight excluding hydrogens is 236 g/mol. The van der Waals surface area contributed by atoms with Crippen LogP contribution in [0.15, 0.2) is 53.7 Å². The molecule has 0 aliphatic rings. The molecule has 0 unspecified atom stereocenters. The lowest BCUT2D eigenvalue weighted by Gasteiger charge is -2.01. The lowest BCUT2D eigenvalue weighted by molar-refractivity contribution is 0.132. The first-order valence-electron chi connectivity index (χ1n) is 5.93. The third-order valence-electron chi connectivity index (χ3n) is 2.73. The Morgan fingerprint density at radius 3 is 2.47 bits per heavy atom. The van der Waals surface area contributed by atoms with Crippen molar-refractivity contribution in [2.75, 3.05) is 0 Å². The van der Waals surface area contributed by atoms with Gasteiger partial charge in [-0.1, -0.05) is 47.6 Å². The lowest BCUT2D eigenvalue weighted by Crippen LogP contribution is -1.92. The van der Waals surface area contributed by atoms with Crippen LogP contribution in [0.25, 0.3) is 0 Å². The Bertz CT molecular complexity index is 627. The molecule has 3 nitrogen and oxygen atoms in total. The fraction of sp³-hybridized carbons (Fsp3) is 0.125. The number of hydrogen-bond donors (Lipinski definition) is 0. The van der Waals surface area contributed by atoms with Crippen molar-refractivity contribution in [2.45, 2.75) is 13.5 Å². The SMILES string of the molecule is Cc1ccccc1/[C]=N\OCc1ccccc1C#N. The minimum Gasteiger partial charge on any atom is -0.390 e. The fourth-order valence-corrected chi connectivity index (χ4v) is 1.64. The first kappa shape index (κ1) is 12.8. The smallest absolute Gasteiger partial charge is 0.143 e. The van der Waals surface area contributed by atoms with Crippen LogP contribution in [0, 0.1) is 18.3 Å². The highest BCUT2D eigenvalue weighted by Gasteiger charge is 2.00. The summed E-state index contributed by atoms with van der Waals surface area (Å²) in [6.07, 6.45) is 2.84. The van der Waals surface area contributed by atoms with Crippen molar-refractivity contribution < 1.29 is 4.84 Å². The van der Waals surface area contributed by atoms with Gasteiger partial charge in [0.15, 0.2) is 0 Å². The number of aryl methyl sites for hydroxylation is 1. The predicted molar refractivity (Wildman–Crippen MR) is 73.7 cm³/mol. The molecule has 0 aliphatic heterocycles. The fourth-order valence-electron chi connectivity index (χ4n) is 1.64. The second kappa shape index (κ2) is 6.36. The molecule has 0 aliphatic carbocycles. The van der Waals surface area contributed by atoms with Crippen LogP contribution in [-0.4, -0.2) is 6.21 Å². The van der Waals surface area contributed by atoms with E-state index in [2.05, 4.69) is 17.4 Å². The maximum Gasteiger partial charge on any atom is 0.143 e. The molecule has 0 heterocycles. The molecule has 0 atom stereocenters. The third-order valence-corrected chi connectivity index (χ3v) is 2.73. The largest absolute Gasteiger partial charge is 0.390 e. The van der Waals surface area contributed by atoms with E-state index >= 15 is 0 Å². The summed E-state index contributed by atoms with van der Waals surface area (Å²) in [5, 5.41) is 12.8. The van der Waals surface area contributed by atoms with Crippen LogP contribution < -0.4 is 0 Å². The lowest BCUT2D eigenvalue weighted by atomic mass is 10.1. The van der Waals surface area contributed by atoms with Gasteiger partial charge in [0.1, 0.15) is 12.8 Å². The molecule has 0 amide bonds. The average Bonchev–Trinajstić information content (AvgIpc) is 2.45. The van der Waals surface area contributed by atoms with E-state index < -0.39 is 0 Å². The first-order valence-corrected chi connectivity index (χ1v) is 5.93. The Labute approximate surface area is 112 Å². The standard InChI is InChI=1S/C16H13N2O/c1-13-6-2-3-8-15(13)11-18-19-12-16-9-5-4-7-14(16)10-17/h2-9H,12H2,1H3. The molecular formula is C16H13N2O. The van der Waals surface area contributed by atoms with E-state index in [9.17, 15) is 0 Å². The van der Waals surface area contributed by atoms with E-state index in [1.807, 2.05) is 49.4 Å². The summed E-state index contributed by atoms with van der Waals surface area (Å²) in [6, 6.07) is 17.2. The summed E-state index contributed by atoms with van der Waals surface area (Å²) in [4.78, 5) is 5.18. The van der Waals surface area contributed by atoms with Gasteiger partial charge in [0, 0.05) is 11.1 Å². The maximum absolute atomic E-state index is 8.94. The van der Waals surface area contributed by atoms with Gasteiger partial charge in [0.05, 0.1) is 11.6 Å². The average molecular weight is 249 g/mol. The normalized spacial score (nSPS) is 10.3. The number of hydrogen-bond acceptors (Lipinski definition) is 3. The van der Waals surface area contributed by atoms with Crippen molar-refractivity contribution in [1.29, 1.82) is 5.26 Å². The summed E-state index contributed by atoms with van der Waals surface area (Å²) >= 11 is 0. The molecule has 2 aromatic rings. The van der Waals surface area contributed by atoms with Gasteiger partial charge in [0.25, 0.3) is 0 Å². The summed E-state index contributed by atoms with van der Waals surface area (Å²) in [5.74, 6) is 0. The van der Waals surface area contributed by atoms with Gasteiger partial charge in [-0.15, -0.1) is 0 Å². The summed E-state index contributed by atoms with van der Waals surface area (Å²) in [5.41, 5.74) is 3.41. The van der Waals surface area contributed by atoms with Gasteiger partial charge in [-0.3, -0.25) is 0 Å². The quantitative estimate of drug-likeness (QED) is 0.616. The van der Waals surface area contributed by atoms with E-state index in [4.69, 9.17) is 10.1 Å². The van der Waals surface area contributed by atoms with Gasteiger partial charge in [-0.2, -0.15) is 5.26 Å². The minimum absolute atomic E-state index is 0.266. The Kier molecular flexibility index (Phi) is 4.30. The van der Waals surface area contributed by atoms with E-state index in [1.165, 1.54) is 0 Å². The molecule has 93 valence electrons. The third kappa shape index (κ3) is 3.43. The van der Waals surface area contributed by atoms with Gasteiger partial charge in [0.2, 0.25) is 0 Å². The van der Waals surface area contributed by atoms with E-state index in [1.54, 1.807) is 6.07 Å². The van der Waals surface area contributed by atoms with Crippen LogP contribution in [-0.2, 0) is 11.4 Å². The summed E-state index contributed by atoms with van der Waals surface area (Å²) < 4.78 is 0. The molecule has 1 radical (unpaired) electrons. The van der Waals surface area contributed by atoms with Crippen molar-refractivity contribution in [3.63, 3.8) is 0 Å². The highest BCUT2D eigenvalue weighted by molar-refractivity contribution is 5.81. The summed E-state index contributed by atoms with van der Waals surface area (Å²) in [7, 11) is 0. The molecule has 2 aromatic carbocycles. The van der Waals surface area contributed by atoms with Crippen molar-refractivity contribution in [3.8, 4) is 6.07 Å². The van der Waals surface area contributed by atoms with Crippen LogP contribution in [0.4, 0.5) is 0 Å². The molecule has 0 bridgehead atoms. The highest BCUT2D eigenvalue weighted by Crippen LogP contribution is 2.09. The topological polar surface area (TPSA) is 45.4 Å². The van der Waals surface area contributed by atoms with Gasteiger partial charge in [-0.05, 0) is 18.6 Å². The zero-order valence-electron chi connectivity index (χ0n) is 10.6. The second-order valence-corrected chi connectivity index (χ2v) is 4.06. The number of benzene rings is 2. The van der Waals surface area contributed by atoms with Crippen molar-refractivity contribution in [2.24, 2.45) is 5.16 Å². The molecule has 0 N–H and O–H groups in total. The molecule has 0 spiro atoms. The monoisotopic (exact) mass is 249 g/mol. The van der Waals surface area contributed by atoms with E-state index in [-0.39, 0.29) is 6.61 Å². The molecule has 0 saturated heterocycles. The van der Waals surface area contributed by atoms with E-state index in [0.717, 1.165) is 16.7 Å². The van der Waals surface area contributed by atoms with Gasteiger partial charge in [-0.25, -0.2) is 0 Å². The molecule has 2 rings (SSSR count). The Balaban J connectivity index is 1.98. The van der Waals surface area contributed by atoms with E-state index in [0.29, 0.717) is 5.56 Å². The van der Waals surface area contributed by atoms with Crippen LogP contribution in [0.2, 0.25) is 0 Å².